The van der Waals surface area contributed by atoms with Gasteiger partial charge in [-0.15, -0.1) is 0 Å². The van der Waals surface area contributed by atoms with Crippen molar-refractivity contribution in [2.75, 3.05) is 13.2 Å². The quantitative estimate of drug-likeness (QED) is 0.0830. The van der Waals surface area contributed by atoms with Crippen molar-refractivity contribution in [3.05, 3.63) is 27.7 Å². The SMILES string of the molecule is CCCCCCCCCN[C@@](CO)(c1nc(Br)cc(CCCCCCCCCC(CC)(CC)CC)c1F)C(F)F. The van der Waals surface area contributed by atoms with Gasteiger partial charge in [0.2, 0.25) is 0 Å². The largest absolute Gasteiger partial charge is 0.394 e. The lowest BCUT2D eigenvalue weighted by molar-refractivity contribution is -0.0137. The van der Waals surface area contributed by atoms with Gasteiger partial charge in [0.15, 0.2) is 0 Å². The van der Waals surface area contributed by atoms with Crippen LogP contribution >= 0.6 is 15.9 Å². The van der Waals surface area contributed by atoms with Gasteiger partial charge in [0.25, 0.3) is 6.43 Å². The van der Waals surface area contributed by atoms with E-state index in [2.05, 4.69) is 53.9 Å². The van der Waals surface area contributed by atoms with Crippen molar-refractivity contribution in [2.45, 2.75) is 162 Å². The number of aliphatic hydroxyl groups is 1. The molecule has 1 rings (SSSR count). The highest BCUT2D eigenvalue weighted by atomic mass is 79.9. The summed E-state index contributed by atoms with van der Waals surface area (Å²) < 4.78 is 44.6. The number of unbranched alkanes of at least 4 members (excludes halogenated alkanes) is 12. The maximum absolute atomic E-state index is 15.6. The highest BCUT2D eigenvalue weighted by molar-refractivity contribution is 9.10. The number of pyridine rings is 1. The van der Waals surface area contributed by atoms with Gasteiger partial charge in [0, 0.05) is 0 Å². The van der Waals surface area contributed by atoms with Gasteiger partial charge in [-0.1, -0.05) is 124 Å². The number of rotatable bonds is 25. The molecule has 0 aliphatic rings. The number of halogens is 4. The summed E-state index contributed by atoms with van der Waals surface area (Å²) in [5, 5.41) is 12.9. The van der Waals surface area contributed by atoms with Crippen molar-refractivity contribution in [2.24, 2.45) is 5.41 Å². The third kappa shape index (κ3) is 12.3. The minimum atomic E-state index is -3.00. The van der Waals surface area contributed by atoms with Crippen LogP contribution in [-0.2, 0) is 12.0 Å². The number of nitrogens with one attached hydrogen (secondary N) is 1. The molecule has 7 heteroatoms. The van der Waals surface area contributed by atoms with E-state index in [1.165, 1.54) is 70.6 Å². The van der Waals surface area contributed by atoms with E-state index in [1.807, 2.05) is 0 Å². The first-order valence-electron chi connectivity index (χ1n) is 16.2. The van der Waals surface area contributed by atoms with Crippen LogP contribution in [0.5, 0.6) is 0 Å². The second kappa shape index (κ2) is 21.1. The molecule has 0 saturated carbocycles. The first-order chi connectivity index (χ1) is 19.3. The van der Waals surface area contributed by atoms with Gasteiger partial charge in [0.05, 0.1) is 6.61 Å². The van der Waals surface area contributed by atoms with Crippen LogP contribution in [0.25, 0.3) is 0 Å². The second-order valence-electron chi connectivity index (χ2n) is 11.8. The van der Waals surface area contributed by atoms with Gasteiger partial charge in [-0.05, 0) is 65.2 Å². The lowest BCUT2D eigenvalue weighted by Crippen LogP contribution is -2.53. The Morgan fingerprint density at radius 3 is 1.88 bits per heavy atom. The summed E-state index contributed by atoms with van der Waals surface area (Å²) in [7, 11) is 0. The minimum Gasteiger partial charge on any atom is -0.394 e. The fourth-order valence-corrected chi connectivity index (χ4v) is 6.32. The molecule has 0 aliphatic heterocycles. The van der Waals surface area contributed by atoms with Crippen LogP contribution in [0.15, 0.2) is 10.7 Å². The highest BCUT2D eigenvalue weighted by Crippen LogP contribution is 2.36. The Morgan fingerprint density at radius 2 is 1.35 bits per heavy atom. The Hall–Kier alpha value is -0.660. The van der Waals surface area contributed by atoms with E-state index in [0.717, 1.165) is 38.5 Å². The summed E-state index contributed by atoms with van der Waals surface area (Å²) in [6, 6.07) is 1.59. The maximum Gasteiger partial charge on any atom is 0.264 e. The van der Waals surface area contributed by atoms with Crippen LogP contribution in [0.4, 0.5) is 13.2 Å². The predicted molar refractivity (Wildman–Crippen MR) is 167 cm³/mol. The Labute approximate surface area is 252 Å². The highest BCUT2D eigenvalue weighted by Gasteiger charge is 2.45. The Bertz CT molecular complexity index is 783. The summed E-state index contributed by atoms with van der Waals surface area (Å²) in [5.74, 6) is -0.726. The molecule has 0 fully saturated rings. The zero-order valence-corrected chi connectivity index (χ0v) is 27.5. The lowest BCUT2D eigenvalue weighted by Gasteiger charge is -2.32. The standard InChI is InChI=1S/C33H58BrF3N2O/c1-5-9-10-11-15-18-21-24-38-33(26-40,31(36)37)30-29(35)27(25-28(34)39-30)22-19-16-13-12-14-17-20-23-32(6-2,7-3)8-4/h25,31,38,40H,5-24,26H2,1-4H3/t33-/m0/s1. The van der Waals surface area contributed by atoms with E-state index in [0.29, 0.717) is 28.4 Å². The molecule has 0 bridgehead atoms. The van der Waals surface area contributed by atoms with Crippen LogP contribution in [-0.4, -0.2) is 29.7 Å². The first-order valence-corrected chi connectivity index (χ1v) is 17.0. The summed E-state index contributed by atoms with van der Waals surface area (Å²) in [6.45, 7) is 8.46. The molecule has 0 aromatic carbocycles. The monoisotopic (exact) mass is 634 g/mol. The zero-order valence-electron chi connectivity index (χ0n) is 25.9. The van der Waals surface area contributed by atoms with Crippen molar-refractivity contribution in [1.29, 1.82) is 0 Å². The Morgan fingerprint density at radius 1 is 0.825 bits per heavy atom. The van der Waals surface area contributed by atoms with Gasteiger partial charge in [-0.2, -0.15) is 0 Å². The number of nitrogens with zero attached hydrogens (tertiary/aromatic N) is 1. The summed E-state index contributed by atoms with van der Waals surface area (Å²) in [6.07, 6.45) is 17.8. The molecule has 234 valence electrons. The van der Waals surface area contributed by atoms with Crippen molar-refractivity contribution in [3.8, 4) is 0 Å². The summed E-state index contributed by atoms with van der Waals surface area (Å²) in [5.41, 5.74) is -1.71. The number of hydrogen-bond donors (Lipinski definition) is 2. The number of aryl methyl sites for hydroxylation is 1. The number of hydrogen-bond acceptors (Lipinski definition) is 3. The van der Waals surface area contributed by atoms with Crippen LogP contribution in [0.1, 0.15) is 155 Å². The van der Waals surface area contributed by atoms with E-state index in [9.17, 15) is 13.9 Å². The van der Waals surface area contributed by atoms with E-state index in [1.54, 1.807) is 6.07 Å². The normalized spacial score (nSPS) is 13.8. The molecule has 0 aliphatic carbocycles. The molecular formula is C33H58BrF3N2O. The van der Waals surface area contributed by atoms with Crippen LogP contribution in [0, 0.1) is 11.2 Å². The minimum absolute atomic E-state index is 0.276. The summed E-state index contributed by atoms with van der Waals surface area (Å²) in [4.78, 5) is 4.11. The Kier molecular flexibility index (Phi) is 19.7. The summed E-state index contributed by atoms with van der Waals surface area (Å²) >= 11 is 3.30. The topological polar surface area (TPSA) is 45.1 Å². The molecular weight excluding hydrogens is 577 g/mol. The Balaban J connectivity index is 2.60. The van der Waals surface area contributed by atoms with Crippen molar-refractivity contribution < 1.29 is 18.3 Å². The average molecular weight is 636 g/mol. The van der Waals surface area contributed by atoms with Gasteiger partial charge in [0.1, 0.15) is 21.7 Å². The second-order valence-corrected chi connectivity index (χ2v) is 12.6. The van der Waals surface area contributed by atoms with Gasteiger partial charge >= 0.3 is 0 Å². The fourth-order valence-electron chi connectivity index (χ4n) is 5.86. The van der Waals surface area contributed by atoms with Crippen LogP contribution < -0.4 is 5.32 Å². The molecule has 3 nitrogen and oxygen atoms in total. The van der Waals surface area contributed by atoms with E-state index in [-0.39, 0.29) is 12.2 Å². The van der Waals surface area contributed by atoms with E-state index in [4.69, 9.17) is 0 Å². The van der Waals surface area contributed by atoms with Gasteiger partial charge in [-0.3, -0.25) is 5.32 Å². The zero-order chi connectivity index (χ0) is 29.9. The molecule has 0 radical (unpaired) electrons. The van der Waals surface area contributed by atoms with Crippen molar-refractivity contribution >= 4 is 15.9 Å². The van der Waals surface area contributed by atoms with Crippen molar-refractivity contribution in [1.82, 2.24) is 10.3 Å². The molecule has 1 aromatic heterocycles. The smallest absolute Gasteiger partial charge is 0.264 e. The molecule has 1 aromatic rings. The van der Waals surface area contributed by atoms with E-state index >= 15 is 4.39 Å². The van der Waals surface area contributed by atoms with E-state index < -0.39 is 24.4 Å². The fraction of sp³-hybridized carbons (Fsp3) is 0.848. The number of aromatic nitrogens is 1. The number of aliphatic hydroxyl groups excluding tert-OH is 1. The maximum atomic E-state index is 15.6. The van der Waals surface area contributed by atoms with Crippen LogP contribution in [0.3, 0.4) is 0 Å². The molecule has 1 heterocycles. The van der Waals surface area contributed by atoms with Crippen molar-refractivity contribution in [3.63, 3.8) is 0 Å². The molecule has 0 unspecified atom stereocenters. The number of alkyl halides is 2. The molecule has 0 spiro atoms. The molecule has 40 heavy (non-hydrogen) atoms. The molecule has 2 N–H and O–H groups in total. The third-order valence-corrected chi connectivity index (χ3v) is 9.58. The molecule has 0 amide bonds. The lowest BCUT2D eigenvalue weighted by atomic mass is 9.75. The van der Waals surface area contributed by atoms with Crippen LogP contribution in [0.2, 0.25) is 0 Å². The van der Waals surface area contributed by atoms with Gasteiger partial charge < -0.3 is 5.11 Å². The average Bonchev–Trinajstić information content (AvgIpc) is 2.95. The predicted octanol–water partition coefficient (Wildman–Crippen LogP) is 10.7. The molecule has 0 saturated heterocycles. The first kappa shape index (κ1) is 37.4. The van der Waals surface area contributed by atoms with Gasteiger partial charge in [-0.25, -0.2) is 18.2 Å². The molecule has 1 atom stereocenters. The third-order valence-electron chi connectivity index (χ3n) is 9.17.